The highest BCUT2D eigenvalue weighted by Crippen LogP contribution is 2.21. The zero-order chi connectivity index (χ0) is 13.1. The average molecular weight is 313 g/mol. The monoisotopic (exact) mass is 312 g/mol. The molecule has 96 valence electrons. The van der Waals surface area contributed by atoms with Crippen molar-refractivity contribution in [2.75, 3.05) is 0 Å². The predicted octanol–water partition coefficient (Wildman–Crippen LogP) is 2.07. The number of hydrazine groups is 1. The van der Waals surface area contributed by atoms with E-state index in [-0.39, 0.29) is 11.9 Å². The minimum Gasteiger partial charge on any atom is -0.275 e. The molecule has 1 heterocycles. The number of hydrogen-bond donors (Lipinski definition) is 2. The fraction of sp³-hybridized carbons (Fsp3) is 0.250. The largest absolute Gasteiger partial charge is 0.275 e. The van der Waals surface area contributed by atoms with E-state index in [9.17, 15) is 4.39 Å². The molecule has 4 nitrogen and oxygen atoms in total. The van der Waals surface area contributed by atoms with Crippen LogP contribution in [-0.4, -0.2) is 9.78 Å². The van der Waals surface area contributed by atoms with E-state index < -0.39 is 0 Å². The number of rotatable bonds is 4. The minimum absolute atomic E-state index is 0.213. The Labute approximate surface area is 113 Å². The molecule has 18 heavy (non-hydrogen) atoms. The van der Waals surface area contributed by atoms with Crippen LogP contribution in [0.25, 0.3) is 0 Å². The molecule has 0 radical (unpaired) electrons. The first-order valence-electron chi connectivity index (χ1n) is 5.49. The van der Waals surface area contributed by atoms with Gasteiger partial charge in [-0.05, 0) is 36.2 Å². The molecule has 0 aliphatic heterocycles. The molecule has 0 amide bonds. The Kier molecular flexibility index (Phi) is 4.11. The van der Waals surface area contributed by atoms with Gasteiger partial charge in [0.15, 0.2) is 0 Å². The Morgan fingerprint density at radius 3 is 2.89 bits per heavy atom. The third kappa shape index (κ3) is 2.95. The lowest BCUT2D eigenvalue weighted by Crippen LogP contribution is -2.30. The van der Waals surface area contributed by atoms with Crippen LogP contribution < -0.4 is 11.3 Å². The molecular weight excluding hydrogens is 299 g/mol. The van der Waals surface area contributed by atoms with Crippen LogP contribution >= 0.6 is 15.9 Å². The Balaban J connectivity index is 2.22. The van der Waals surface area contributed by atoms with Crippen LogP contribution in [0.2, 0.25) is 0 Å². The van der Waals surface area contributed by atoms with Gasteiger partial charge in [0.1, 0.15) is 5.82 Å². The van der Waals surface area contributed by atoms with Gasteiger partial charge in [0.25, 0.3) is 0 Å². The molecule has 1 aromatic heterocycles. The SMILES string of the molecule is Cn1ccc(C(Cc2cc(Br)ccc2F)NN)n1. The Morgan fingerprint density at radius 1 is 1.50 bits per heavy atom. The standard InChI is InChI=1S/C12H14BrFN4/c1-18-5-4-11(17-18)12(16-15)7-8-6-9(13)2-3-10(8)14/h2-6,12,16H,7,15H2,1H3. The molecule has 6 heteroatoms. The van der Waals surface area contributed by atoms with E-state index in [0.717, 1.165) is 10.2 Å². The van der Waals surface area contributed by atoms with Gasteiger partial charge < -0.3 is 0 Å². The van der Waals surface area contributed by atoms with Gasteiger partial charge in [0, 0.05) is 17.7 Å². The second kappa shape index (κ2) is 5.60. The summed E-state index contributed by atoms with van der Waals surface area (Å²) in [6, 6.07) is 6.51. The molecule has 1 unspecified atom stereocenters. The number of nitrogens with two attached hydrogens (primary N) is 1. The van der Waals surface area contributed by atoms with Gasteiger partial charge >= 0.3 is 0 Å². The number of aromatic nitrogens is 2. The Bertz CT molecular complexity index is 541. The summed E-state index contributed by atoms with van der Waals surface area (Å²) in [6.45, 7) is 0. The van der Waals surface area contributed by atoms with E-state index in [0.29, 0.717) is 12.0 Å². The van der Waals surface area contributed by atoms with Crippen molar-refractivity contribution >= 4 is 15.9 Å². The fourth-order valence-corrected chi connectivity index (χ4v) is 2.20. The molecule has 1 atom stereocenters. The first-order valence-corrected chi connectivity index (χ1v) is 6.29. The first-order chi connectivity index (χ1) is 8.60. The summed E-state index contributed by atoms with van der Waals surface area (Å²) in [5.41, 5.74) is 4.06. The molecule has 2 aromatic rings. The zero-order valence-electron chi connectivity index (χ0n) is 9.90. The highest BCUT2D eigenvalue weighted by atomic mass is 79.9. The molecule has 0 aliphatic carbocycles. The summed E-state index contributed by atoms with van der Waals surface area (Å²) in [6.07, 6.45) is 2.27. The van der Waals surface area contributed by atoms with Crippen molar-refractivity contribution in [1.82, 2.24) is 15.2 Å². The van der Waals surface area contributed by atoms with Crippen molar-refractivity contribution in [2.45, 2.75) is 12.5 Å². The number of hydrogen-bond acceptors (Lipinski definition) is 3. The number of nitrogens with zero attached hydrogens (tertiary/aromatic N) is 2. The third-order valence-electron chi connectivity index (χ3n) is 2.72. The van der Waals surface area contributed by atoms with Gasteiger partial charge in [-0.2, -0.15) is 5.10 Å². The zero-order valence-corrected chi connectivity index (χ0v) is 11.5. The van der Waals surface area contributed by atoms with E-state index in [2.05, 4.69) is 26.5 Å². The van der Waals surface area contributed by atoms with Crippen LogP contribution in [-0.2, 0) is 13.5 Å². The van der Waals surface area contributed by atoms with Crippen LogP contribution in [0.5, 0.6) is 0 Å². The Hall–Kier alpha value is -1.24. The van der Waals surface area contributed by atoms with Gasteiger partial charge in [0.05, 0.1) is 11.7 Å². The third-order valence-corrected chi connectivity index (χ3v) is 3.22. The molecule has 0 saturated carbocycles. The summed E-state index contributed by atoms with van der Waals surface area (Å²) in [4.78, 5) is 0. The second-order valence-corrected chi connectivity index (χ2v) is 4.99. The van der Waals surface area contributed by atoms with Gasteiger partial charge in [0.2, 0.25) is 0 Å². The predicted molar refractivity (Wildman–Crippen MR) is 71.1 cm³/mol. The fourth-order valence-electron chi connectivity index (χ4n) is 1.79. The Morgan fingerprint density at radius 2 is 2.28 bits per heavy atom. The lowest BCUT2D eigenvalue weighted by Gasteiger charge is -2.14. The van der Waals surface area contributed by atoms with Crippen molar-refractivity contribution in [3.05, 3.63) is 52.0 Å². The van der Waals surface area contributed by atoms with Crippen molar-refractivity contribution in [2.24, 2.45) is 12.9 Å². The molecule has 1 aromatic carbocycles. The lowest BCUT2D eigenvalue weighted by atomic mass is 10.0. The smallest absolute Gasteiger partial charge is 0.126 e. The van der Waals surface area contributed by atoms with Gasteiger partial charge in [-0.3, -0.25) is 16.0 Å². The normalized spacial score (nSPS) is 12.7. The van der Waals surface area contributed by atoms with Gasteiger partial charge in [-0.25, -0.2) is 4.39 Å². The summed E-state index contributed by atoms with van der Waals surface area (Å²) >= 11 is 3.33. The van der Waals surface area contributed by atoms with E-state index >= 15 is 0 Å². The maximum absolute atomic E-state index is 13.7. The number of benzene rings is 1. The van der Waals surface area contributed by atoms with E-state index in [4.69, 9.17) is 5.84 Å². The number of nitrogens with one attached hydrogen (secondary N) is 1. The molecule has 0 bridgehead atoms. The van der Waals surface area contributed by atoms with Crippen molar-refractivity contribution in [1.29, 1.82) is 0 Å². The van der Waals surface area contributed by atoms with Crippen LogP contribution in [0, 0.1) is 5.82 Å². The molecule has 2 rings (SSSR count). The maximum Gasteiger partial charge on any atom is 0.126 e. The van der Waals surface area contributed by atoms with E-state index in [1.807, 2.05) is 19.3 Å². The molecule has 0 aliphatic rings. The van der Waals surface area contributed by atoms with Crippen LogP contribution in [0.15, 0.2) is 34.9 Å². The lowest BCUT2D eigenvalue weighted by molar-refractivity contribution is 0.512. The van der Waals surface area contributed by atoms with Gasteiger partial charge in [-0.15, -0.1) is 0 Å². The highest BCUT2D eigenvalue weighted by molar-refractivity contribution is 9.10. The topological polar surface area (TPSA) is 55.9 Å². The van der Waals surface area contributed by atoms with E-state index in [1.165, 1.54) is 6.07 Å². The quantitative estimate of drug-likeness (QED) is 0.671. The summed E-state index contributed by atoms with van der Waals surface area (Å²) in [5, 5.41) is 4.27. The summed E-state index contributed by atoms with van der Waals surface area (Å²) < 4.78 is 16.2. The molecule has 0 spiro atoms. The number of halogens is 2. The van der Waals surface area contributed by atoms with Crippen molar-refractivity contribution in [3.63, 3.8) is 0 Å². The minimum atomic E-state index is -0.241. The highest BCUT2D eigenvalue weighted by Gasteiger charge is 2.15. The summed E-state index contributed by atoms with van der Waals surface area (Å²) in [5.74, 6) is 5.28. The summed E-state index contributed by atoms with van der Waals surface area (Å²) in [7, 11) is 1.83. The second-order valence-electron chi connectivity index (χ2n) is 4.07. The van der Waals surface area contributed by atoms with E-state index in [1.54, 1.807) is 16.8 Å². The first kappa shape index (κ1) is 13.2. The molecular formula is C12H14BrFN4. The molecule has 0 saturated heterocycles. The maximum atomic E-state index is 13.7. The van der Waals surface area contributed by atoms with Crippen LogP contribution in [0.3, 0.4) is 0 Å². The van der Waals surface area contributed by atoms with Crippen molar-refractivity contribution < 1.29 is 4.39 Å². The molecule has 0 fully saturated rings. The van der Waals surface area contributed by atoms with Crippen molar-refractivity contribution in [3.8, 4) is 0 Å². The van der Waals surface area contributed by atoms with Crippen LogP contribution in [0.4, 0.5) is 4.39 Å². The van der Waals surface area contributed by atoms with Crippen LogP contribution in [0.1, 0.15) is 17.3 Å². The number of aryl methyl sites for hydroxylation is 1. The molecule has 3 N–H and O–H groups in total. The van der Waals surface area contributed by atoms with Gasteiger partial charge in [-0.1, -0.05) is 15.9 Å². The average Bonchev–Trinajstić information content (AvgIpc) is 2.77.